The molecule has 0 bridgehead atoms. The highest BCUT2D eigenvalue weighted by atomic mass is 16.6. The van der Waals surface area contributed by atoms with Gasteiger partial charge in [-0.25, -0.2) is 9.59 Å². The average molecular weight is 294 g/mol. The third-order valence-corrected chi connectivity index (χ3v) is 2.52. The molecule has 0 radical (unpaired) electrons. The van der Waals surface area contributed by atoms with Gasteiger partial charge in [-0.2, -0.15) is 0 Å². The van der Waals surface area contributed by atoms with Gasteiger partial charge in [0.25, 0.3) is 0 Å². The fourth-order valence-electron chi connectivity index (χ4n) is 1.63. The Morgan fingerprint density at radius 3 is 2.67 bits per heavy atom. The van der Waals surface area contributed by atoms with Crippen molar-refractivity contribution >= 4 is 12.1 Å². The lowest BCUT2D eigenvalue weighted by molar-refractivity contribution is 0.0526. The molecule has 1 aromatic rings. The van der Waals surface area contributed by atoms with Gasteiger partial charge in [0.05, 0.1) is 12.7 Å². The largest absolute Gasteiger partial charge is 0.465 e. The van der Waals surface area contributed by atoms with E-state index in [1.165, 1.54) is 7.11 Å². The Labute approximate surface area is 124 Å². The summed E-state index contributed by atoms with van der Waals surface area (Å²) in [5.74, 6) is -0.384. The number of pyridine rings is 1. The predicted octanol–water partition coefficient (Wildman–Crippen LogP) is 2.33. The second kappa shape index (κ2) is 7.61. The summed E-state index contributed by atoms with van der Waals surface area (Å²) in [6.07, 6.45) is 2.50. The van der Waals surface area contributed by atoms with Gasteiger partial charge in [-0.1, -0.05) is 0 Å². The number of nitrogens with zero attached hydrogens (tertiary/aromatic N) is 1. The van der Waals surface area contributed by atoms with E-state index in [0.717, 1.165) is 5.69 Å². The second-order valence-corrected chi connectivity index (χ2v) is 5.56. The molecule has 6 nitrogen and oxygen atoms in total. The van der Waals surface area contributed by atoms with Crippen LogP contribution in [0.25, 0.3) is 0 Å². The molecule has 1 aromatic heterocycles. The number of hydrogen-bond donors (Lipinski definition) is 1. The van der Waals surface area contributed by atoms with Crippen molar-refractivity contribution in [1.82, 2.24) is 10.3 Å². The minimum Gasteiger partial charge on any atom is -0.465 e. The molecule has 0 aromatic carbocycles. The fraction of sp³-hybridized carbons (Fsp3) is 0.533. The Hall–Kier alpha value is -2.11. The number of carbonyl (C=O) groups is 2. The maximum absolute atomic E-state index is 11.4. The summed E-state index contributed by atoms with van der Waals surface area (Å²) in [5, 5.41) is 2.68. The third-order valence-electron chi connectivity index (χ3n) is 2.52. The molecule has 21 heavy (non-hydrogen) atoms. The number of rotatable bonds is 5. The van der Waals surface area contributed by atoms with Crippen molar-refractivity contribution in [3.8, 4) is 0 Å². The van der Waals surface area contributed by atoms with Crippen LogP contribution in [0.5, 0.6) is 0 Å². The highest BCUT2D eigenvalue weighted by Crippen LogP contribution is 2.07. The van der Waals surface area contributed by atoms with Crippen LogP contribution in [0, 0.1) is 0 Å². The molecule has 1 heterocycles. The zero-order chi connectivity index (χ0) is 15.9. The number of aryl methyl sites for hydroxylation is 1. The smallest absolute Gasteiger partial charge is 0.407 e. The molecule has 0 aliphatic rings. The van der Waals surface area contributed by atoms with Gasteiger partial charge in [0.1, 0.15) is 5.60 Å². The molecule has 116 valence electrons. The lowest BCUT2D eigenvalue weighted by atomic mass is 10.1. The number of nitrogens with one attached hydrogen (secondary N) is 1. The Bertz CT molecular complexity index is 495. The highest BCUT2D eigenvalue weighted by Gasteiger charge is 2.15. The standard InChI is InChI=1S/C15H22N2O4/c1-15(2,3)21-14(19)17-8-5-6-12-10-11(7-9-16-12)13(18)20-4/h7,9-10H,5-6,8H2,1-4H3,(H,17,19). The van der Waals surface area contributed by atoms with Crippen molar-refractivity contribution in [3.05, 3.63) is 29.6 Å². The maximum Gasteiger partial charge on any atom is 0.407 e. The van der Waals surface area contributed by atoms with E-state index in [4.69, 9.17) is 4.74 Å². The summed E-state index contributed by atoms with van der Waals surface area (Å²) in [6, 6.07) is 3.30. The van der Waals surface area contributed by atoms with E-state index < -0.39 is 11.7 Å². The first-order chi connectivity index (χ1) is 9.81. The van der Waals surface area contributed by atoms with Gasteiger partial charge in [0, 0.05) is 18.4 Å². The number of carbonyl (C=O) groups excluding carboxylic acids is 2. The van der Waals surface area contributed by atoms with Crippen molar-refractivity contribution in [1.29, 1.82) is 0 Å². The van der Waals surface area contributed by atoms with Crippen molar-refractivity contribution in [3.63, 3.8) is 0 Å². The monoisotopic (exact) mass is 294 g/mol. The molecule has 1 rings (SSSR count). The lowest BCUT2D eigenvalue weighted by Crippen LogP contribution is -2.33. The predicted molar refractivity (Wildman–Crippen MR) is 78.1 cm³/mol. The van der Waals surface area contributed by atoms with E-state index in [1.807, 2.05) is 20.8 Å². The van der Waals surface area contributed by atoms with E-state index in [-0.39, 0.29) is 5.97 Å². The molecular formula is C15H22N2O4. The minimum atomic E-state index is -0.500. The van der Waals surface area contributed by atoms with E-state index in [9.17, 15) is 9.59 Å². The molecule has 0 atom stereocenters. The van der Waals surface area contributed by atoms with Crippen LogP contribution in [0.4, 0.5) is 4.79 Å². The fourth-order valence-corrected chi connectivity index (χ4v) is 1.63. The summed E-state index contributed by atoms with van der Waals surface area (Å²) in [5.41, 5.74) is 0.756. The zero-order valence-corrected chi connectivity index (χ0v) is 12.9. The summed E-state index contributed by atoms with van der Waals surface area (Å²) < 4.78 is 9.78. The van der Waals surface area contributed by atoms with Gasteiger partial charge in [-0.05, 0) is 45.7 Å². The molecule has 0 aliphatic heterocycles. The Kier molecular flexibility index (Phi) is 6.14. The van der Waals surface area contributed by atoms with Gasteiger partial charge in [0.2, 0.25) is 0 Å². The molecule has 1 amide bonds. The van der Waals surface area contributed by atoms with Crippen molar-refractivity contribution in [2.75, 3.05) is 13.7 Å². The quantitative estimate of drug-likeness (QED) is 0.666. The summed E-state index contributed by atoms with van der Waals surface area (Å²) in [4.78, 5) is 27.0. The first kappa shape index (κ1) is 16.9. The first-order valence-corrected chi connectivity index (χ1v) is 6.82. The number of methoxy groups -OCH3 is 1. The third kappa shape index (κ3) is 6.74. The lowest BCUT2D eigenvalue weighted by Gasteiger charge is -2.19. The Morgan fingerprint density at radius 1 is 1.33 bits per heavy atom. The summed E-state index contributed by atoms with van der Waals surface area (Å²) >= 11 is 0. The van der Waals surface area contributed by atoms with Crippen molar-refractivity contribution in [2.45, 2.75) is 39.2 Å². The highest BCUT2D eigenvalue weighted by molar-refractivity contribution is 5.89. The van der Waals surface area contributed by atoms with Gasteiger partial charge >= 0.3 is 12.1 Å². The molecule has 0 unspecified atom stereocenters. The number of aromatic nitrogens is 1. The van der Waals surface area contributed by atoms with E-state index in [0.29, 0.717) is 24.9 Å². The van der Waals surface area contributed by atoms with E-state index in [1.54, 1.807) is 18.3 Å². The van der Waals surface area contributed by atoms with Crippen LogP contribution >= 0.6 is 0 Å². The SMILES string of the molecule is COC(=O)c1ccnc(CCCNC(=O)OC(C)(C)C)c1. The number of amides is 1. The molecule has 0 saturated heterocycles. The summed E-state index contributed by atoms with van der Waals surface area (Å²) in [7, 11) is 1.34. The zero-order valence-electron chi connectivity index (χ0n) is 12.9. The number of hydrogen-bond acceptors (Lipinski definition) is 5. The molecular weight excluding hydrogens is 272 g/mol. The molecule has 0 spiro atoms. The number of ether oxygens (including phenoxy) is 2. The van der Waals surface area contributed by atoms with Gasteiger partial charge in [-0.15, -0.1) is 0 Å². The van der Waals surface area contributed by atoms with E-state index >= 15 is 0 Å². The topological polar surface area (TPSA) is 77.5 Å². The van der Waals surface area contributed by atoms with Crippen molar-refractivity contribution < 1.29 is 19.1 Å². The van der Waals surface area contributed by atoms with Crippen LogP contribution in [0.15, 0.2) is 18.3 Å². The molecule has 0 fully saturated rings. The molecule has 0 aliphatic carbocycles. The minimum absolute atomic E-state index is 0.384. The second-order valence-electron chi connectivity index (χ2n) is 5.56. The maximum atomic E-state index is 11.4. The molecule has 0 saturated carbocycles. The molecule has 1 N–H and O–H groups in total. The molecule has 6 heteroatoms. The van der Waals surface area contributed by atoms with Gasteiger partial charge in [-0.3, -0.25) is 4.98 Å². The average Bonchev–Trinajstić information content (AvgIpc) is 2.41. The normalized spacial score (nSPS) is 10.9. The number of esters is 1. The first-order valence-electron chi connectivity index (χ1n) is 6.82. The van der Waals surface area contributed by atoms with Crippen molar-refractivity contribution in [2.24, 2.45) is 0 Å². The van der Waals surface area contributed by atoms with Gasteiger partial charge in [0.15, 0.2) is 0 Å². The van der Waals surface area contributed by atoms with E-state index in [2.05, 4.69) is 15.0 Å². The Balaban J connectivity index is 2.36. The van der Waals surface area contributed by atoms with Gasteiger partial charge < -0.3 is 14.8 Å². The van der Waals surface area contributed by atoms with Crippen LogP contribution in [-0.2, 0) is 15.9 Å². The van der Waals surface area contributed by atoms with Crippen LogP contribution < -0.4 is 5.32 Å². The summed E-state index contributed by atoms with van der Waals surface area (Å²) in [6.45, 7) is 5.93. The van der Waals surface area contributed by atoms with Crippen LogP contribution in [0.3, 0.4) is 0 Å². The number of alkyl carbamates (subject to hydrolysis) is 1. The Morgan fingerprint density at radius 2 is 2.05 bits per heavy atom. The van der Waals surface area contributed by atoms with Crippen LogP contribution in [-0.4, -0.2) is 36.3 Å². The van der Waals surface area contributed by atoms with Crippen LogP contribution in [0.2, 0.25) is 0 Å². The van der Waals surface area contributed by atoms with Crippen LogP contribution in [0.1, 0.15) is 43.2 Å².